The Labute approximate surface area is 277 Å². The first-order chi connectivity index (χ1) is 23.1. The summed E-state index contributed by atoms with van der Waals surface area (Å²) in [6.45, 7) is 1.75. The van der Waals surface area contributed by atoms with E-state index in [1.54, 1.807) is 54.6 Å². The van der Waals surface area contributed by atoms with Gasteiger partial charge in [0.25, 0.3) is 0 Å². The van der Waals surface area contributed by atoms with Gasteiger partial charge < -0.3 is 40.6 Å². The van der Waals surface area contributed by atoms with E-state index in [1.165, 1.54) is 27.5 Å². The highest BCUT2D eigenvalue weighted by Crippen LogP contribution is 2.28. The van der Waals surface area contributed by atoms with Crippen molar-refractivity contribution in [1.82, 2.24) is 10.3 Å². The zero-order valence-corrected chi connectivity index (χ0v) is 27.0. The Morgan fingerprint density at radius 1 is 0.792 bits per heavy atom. The number of benzene rings is 3. The third-order valence-electron chi connectivity index (χ3n) is 7.32. The second-order valence-electron chi connectivity index (χ2n) is 10.7. The largest absolute Gasteiger partial charge is 0.495 e. The predicted molar refractivity (Wildman–Crippen MR) is 180 cm³/mol. The molecule has 1 heterocycles. The highest BCUT2D eigenvalue weighted by Gasteiger charge is 2.19. The third kappa shape index (κ3) is 9.53. The van der Waals surface area contributed by atoms with Gasteiger partial charge in [0.1, 0.15) is 11.6 Å². The number of pyridine rings is 1. The maximum atomic E-state index is 12.8. The maximum absolute atomic E-state index is 12.8. The van der Waals surface area contributed by atoms with E-state index in [0.29, 0.717) is 45.3 Å². The number of aromatic nitrogens is 1. The molecule has 0 aliphatic heterocycles. The molecule has 0 aliphatic carbocycles. The minimum Gasteiger partial charge on any atom is -0.495 e. The number of carboxylic acids is 1. The molecule has 1 unspecified atom stereocenters. The first kappa shape index (κ1) is 34.9. The van der Waals surface area contributed by atoms with Crippen molar-refractivity contribution in [2.24, 2.45) is 0 Å². The molecule has 3 aromatic carbocycles. The monoisotopic (exact) mass is 655 g/mol. The molecule has 0 radical (unpaired) electrons. The Morgan fingerprint density at radius 2 is 1.52 bits per heavy atom. The van der Waals surface area contributed by atoms with Gasteiger partial charge in [-0.3, -0.25) is 14.4 Å². The Hall–Kier alpha value is -5.95. The topological polar surface area (TPSA) is 177 Å². The first-order valence-corrected chi connectivity index (χ1v) is 14.9. The van der Waals surface area contributed by atoms with E-state index >= 15 is 0 Å². The van der Waals surface area contributed by atoms with Gasteiger partial charge in [0.2, 0.25) is 5.91 Å². The maximum Gasteiger partial charge on any atom is 0.323 e. The van der Waals surface area contributed by atoms with E-state index in [2.05, 4.69) is 26.3 Å². The van der Waals surface area contributed by atoms with Crippen molar-refractivity contribution in [3.05, 3.63) is 101 Å². The number of nitrogens with zero attached hydrogens (tertiary/aromatic N) is 1. The third-order valence-corrected chi connectivity index (χ3v) is 7.32. The molecule has 4 aromatic rings. The van der Waals surface area contributed by atoms with E-state index in [9.17, 15) is 24.3 Å². The van der Waals surface area contributed by atoms with Gasteiger partial charge >= 0.3 is 12.0 Å². The summed E-state index contributed by atoms with van der Waals surface area (Å²) in [5, 5.41) is 20.7. The normalized spacial score (nSPS) is 11.2. The molecule has 13 heteroatoms. The van der Waals surface area contributed by atoms with Gasteiger partial charge in [0.15, 0.2) is 17.3 Å². The fraction of sp³-hybridized carbons (Fsp3) is 0.229. The summed E-state index contributed by atoms with van der Waals surface area (Å²) in [6.07, 6.45) is 1.15. The fourth-order valence-electron chi connectivity index (χ4n) is 4.81. The summed E-state index contributed by atoms with van der Waals surface area (Å²) >= 11 is 0. The summed E-state index contributed by atoms with van der Waals surface area (Å²) in [6, 6.07) is 19.2. The molecule has 5 N–H and O–H groups in total. The van der Waals surface area contributed by atoms with Gasteiger partial charge in [0.05, 0.1) is 46.4 Å². The van der Waals surface area contributed by atoms with Gasteiger partial charge in [0, 0.05) is 23.5 Å². The van der Waals surface area contributed by atoms with E-state index in [-0.39, 0.29) is 36.9 Å². The Morgan fingerprint density at radius 3 is 2.19 bits per heavy atom. The summed E-state index contributed by atoms with van der Waals surface area (Å²) < 4.78 is 15.9. The van der Waals surface area contributed by atoms with Crippen LogP contribution in [-0.4, -0.2) is 61.7 Å². The van der Waals surface area contributed by atoms with Gasteiger partial charge in [-0.1, -0.05) is 30.3 Å². The van der Waals surface area contributed by atoms with Crippen molar-refractivity contribution >= 4 is 40.9 Å². The molecular weight excluding hydrogens is 618 g/mol. The number of nitrogens with one attached hydrogen (secondary N) is 4. The van der Waals surface area contributed by atoms with Crippen molar-refractivity contribution in [1.29, 1.82) is 0 Å². The van der Waals surface area contributed by atoms with Crippen LogP contribution in [0.4, 0.5) is 22.0 Å². The Bertz CT molecular complexity index is 1780. The average Bonchev–Trinajstić information content (AvgIpc) is 3.08. The number of Topliss-reactive ketones (excluding diaryl/α,β-unsaturated/α-hetero) is 1. The van der Waals surface area contributed by atoms with Crippen LogP contribution in [0.15, 0.2) is 79.0 Å². The number of carboxylic acid groups (broad SMARTS) is 1. The summed E-state index contributed by atoms with van der Waals surface area (Å²) in [5.74, 6) is -0.160. The second-order valence-corrected chi connectivity index (χ2v) is 10.7. The van der Waals surface area contributed by atoms with Crippen LogP contribution in [0.2, 0.25) is 0 Å². The summed E-state index contributed by atoms with van der Waals surface area (Å²) in [5.41, 5.74) is 3.56. The van der Waals surface area contributed by atoms with E-state index in [4.69, 9.17) is 14.2 Å². The van der Waals surface area contributed by atoms with Crippen molar-refractivity contribution in [3.8, 4) is 17.2 Å². The van der Waals surface area contributed by atoms with E-state index in [1.807, 2.05) is 25.1 Å². The number of ketones is 1. The number of aryl methyl sites for hydroxylation is 1. The number of rotatable bonds is 15. The fourth-order valence-corrected chi connectivity index (χ4v) is 4.81. The SMILES string of the molecule is COc1cc(CC(=O)Nc2ccc(C(CC(=O)O)NCC(=O)c3ccc(OC)c(OC)c3)cn2)ccc1NC(=O)Nc1ccccc1C. The van der Waals surface area contributed by atoms with Crippen LogP contribution in [0.1, 0.15) is 39.5 Å². The molecule has 0 saturated carbocycles. The lowest BCUT2D eigenvalue weighted by Crippen LogP contribution is -2.29. The van der Waals surface area contributed by atoms with E-state index in [0.717, 1.165) is 5.56 Å². The van der Waals surface area contributed by atoms with Gasteiger partial charge in [-0.15, -0.1) is 0 Å². The molecule has 4 rings (SSSR count). The van der Waals surface area contributed by atoms with Gasteiger partial charge in [-0.05, 0) is 66.1 Å². The molecule has 0 aliphatic rings. The number of carbonyl (C=O) groups excluding carboxylic acids is 3. The molecule has 0 saturated heterocycles. The first-order valence-electron chi connectivity index (χ1n) is 14.9. The number of amides is 3. The Kier molecular flexibility index (Phi) is 12.0. The summed E-state index contributed by atoms with van der Waals surface area (Å²) in [4.78, 5) is 54.1. The molecule has 1 aromatic heterocycles. The average molecular weight is 656 g/mol. The number of carbonyl (C=O) groups is 4. The molecule has 48 heavy (non-hydrogen) atoms. The number of hydrogen-bond donors (Lipinski definition) is 5. The van der Waals surface area contributed by atoms with Crippen molar-refractivity contribution in [2.75, 3.05) is 43.8 Å². The van der Waals surface area contributed by atoms with Crippen LogP contribution in [0.3, 0.4) is 0 Å². The van der Waals surface area contributed by atoms with Crippen LogP contribution in [0.5, 0.6) is 17.2 Å². The number of ether oxygens (including phenoxy) is 3. The quantitative estimate of drug-likeness (QED) is 0.107. The number of anilines is 3. The molecule has 13 nitrogen and oxygen atoms in total. The zero-order valence-electron chi connectivity index (χ0n) is 27.0. The highest BCUT2D eigenvalue weighted by atomic mass is 16.5. The molecule has 1 atom stereocenters. The van der Waals surface area contributed by atoms with E-state index < -0.39 is 18.0 Å². The predicted octanol–water partition coefficient (Wildman–Crippen LogP) is 5.23. The molecule has 0 bridgehead atoms. The van der Waals surface area contributed by atoms with Crippen LogP contribution >= 0.6 is 0 Å². The highest BCUT2D eigenvalue weighted by molar-refractivity contribution is 6.01. The van der Waals surface area contributed by atoms with Crippen LogP contribution < -0.4 is 35.5 Å². The number of aliphatic carboxylic acids is 1. The van der Waals surface area contributed by atoms with Crippen LogP contribution in [0.25, 0.3) is 0 Å². The van der Waals surface area contributed by atoms with Crippen molar-refractivity contribution in [3.63, 3.8) is 0 Å². The van der Waals surface area contributed by atoms with Crippen molar-refractivity contribution < 1.29 is 38.5 Å². The second kappa shape index (κ2) is 16.6. The number of para-hydroxylation sites is 1. The van der Waals surface area contributed by atoms with Gasteiger partial charge in [-0.25, -0.2) is 9.78 Å². The zero-order chi connectivity index (χ0) is 34.6. The van der Waals surface area contributed by atoms with Gasteiger partial charge in [-0.2, -0.15) is 0 Å². The number of methoxy groups -OCH3 is 3. The minimum atomic E-state index is -1.06. The molecule has 0 fully saturated rings. The summed E-state index contributed by atoms with van der Waals surface area (Å²) in [7, 11) is 4.43. The number of hydrogen-bond acceptors (Lipinski definition) is 9. The Balaban J connectivity index is 1.35. The van der Waals surface area contributed by atoms with Crippen LogP contribution in [-0.2, 0) is 16.0 Å². The minimum absolute atomic E-state index is 0.00305. The smallest absolute Gasteiger partial charge is 0.323 e. The number of urea groups is 1. The van der Waals surface area contributed by atoms with Crippen LogP contribution in [0, 0.1) is 6.92 Å². The molecule has 250 valence electrons. The standard InChI is InChI=1S/C35H37N5O8/c1-21-7-5-6-8-25(21)38-35(45)39-26-12-9-22(15-30(26)47-3)16-33(42)40-32-14-11-24(19-37-32)27(18-34(43)44)36-20-28(41)23-10-13-29(46-2)31(17-23)48-4/h5-15,17,19,27,36H,16,18,20H2,1-4H3,(H,43,44)(H,37,40,42)(H2,38,39,45). The lowest BCUT2D eigenvalue weighted by molar-refractivity contribution is -0.137. The molecule has 3 amide bonds. The molecular formula is C35H37N5O8. The molecule has 0 spiro atoms. The lowest BCUT2D eigenvalue weighted by Gasteiger charge is -2.17. The van der Waals surface area contributed by atoms with Crippen molar-refractivity contribution in [2.45, 2.75) is 25.8 Å². The lowest BCUT2D eigenvalue weighted by atomic mass is 10.0.